The zero-order valence-electron chi connectivity index (χ0n) is 12.6. The first-order valence-corrected chi connectivity index (χ1v) is 7.05. The van der Waals surface area contributed by atoms with Gasteiger partial charge in [-0.15, -0.1) is 6.58 Å². The number of aliphatic hydroxyl groups excluding tert-OH is 1. The van der Waals surface area contributed by atoms with Gasteiger partial charge in [0, 0.05) is 19.3 Å². The monoisotopic (exact) mass is 300 g/mol. The summed E-state index contributed by atoms with van der Waals surface area (Å²) in [5, 5.41) is 16.3. The van der Waals surface area contributed by atoms with Gasteiger partial charge in [-0.3, -0.25) is 0 Å². The molecule has 0 saturated heterocycles. The molecule has 6 nitrogen and oxygen atoms in total. The summed E-state index contributed by atoms with van der Waals surface area (Å²) in [7, 11) is 0. The first-order valence-electron chi connectivity index (χ1n) is 7.05. The third-order valence-corrected chi connectivity index (χ3v) is 3.12. The van der Waals surface area contributed by atoms with Crippen LogP contribution in [0.4, 0.5) is 10.5 Å². The normalized spacial score (nSPS) is 10.3. The Kier molecular flexibility index (Phi) is 5.32. The molecule has 1 heterocycles. The number of hydrogen-bond donors (Lipinski definition) is 2. The molecule has 1 aromatic carbocycles. The topological polar surface area (TPSA) is 70.4 Å². The van der Waals surface area contributed by atoms with Gasteiger partial charge in [-0.25, -0.2) is 9.48 Å². The Morgan fingerprint density at radius 2 is 2.23 bits per heavy atom. The maximum atomic E-state index is 12.3. The van der Waals surface area contributed by atoms with E-state index in [0.29, 0.717) is 12.2 Å². The smallest absolute Gasteiger partial charge is 0.322 e. The summed E-state index contributed by atoms with van der Waals surface area (Å²) in [5.74, 6) is 0. The highest BCUT2D eigenvalue weighted by Crippen LogP contribution is 2.20. The van der Waals surface area contributed by atoms with Gasteiger partial charge in [0.2, 0.25) is 0 Å². The van der Waals surface area contributed by atoms with Crippen molar-refractivity contribution in [2.24, 2.45) is 0 Å². The number of benzene rings is 1. The summed E-state index contributed by atoms with van der Waals surface area (Å²) in [5.41, 5.74) is 2.34. The van der Waals surface area contributed by atoms with Crippen LogP contribution in [0, 0.1) is 6.92 Å². The van der Waals surface area contributed by atoms with E-state index in [-0.39, 0.29) is 19.2 Å². The summed E-state index contributed by atoms with van der Waals surface area (Å²) < 4.78 is 1.72. The van der Waals surface area contributed by atoms with Crippen molar-refractivity contribution in [1.29, 1.82) is 0 Å². The number of aryl methyl sites for hydroxylation is 1. The standard InChI is InChI=1S/C16H20N4O2/c1-3-9-19(11-12-21)16(22)17-14-6-4-5-7-15(14)20-10-8-13(2)18-20/h3-8,10,21H,1,9,11-12H2,2H3,(H,17,22). The van der Waals surface area contributed by atoms with E-state index in [1.165, 1.54) is 4.90 Å². The molecule has 0 unspecified atom stereocenters. The van der Waals surface area contributed by atoms with Crippen LogP contribution in [-0.4, -0.2) is 45.5 Å². The largest absolute Gasteiger partial charge is 0.395 e. The minimum absolute atomic E-state index is 0.0960. The van der Waals surface area contributed by atoms with Crippen molar-refractivity contribution in [3.05, 3.63) is 54.9 Å². The number of amides is 2. The zero-order valence-corrected chi connectivity index (χ0v) is 12.6. The predicted octanol–water partition coefficient (Wildman–Crippen LogP) is 2.19. The van der Waals surface area contributed by atoms with Gasteiger partial charge in [0.1, 0.15) is 0 Å². The molecule has 1 aromatic heterocycles. The number of urea groups is 1. The van der Waals surface area contributed by atoms with E-state index in [1.54, 1.807) is 10.8 Å². The minimum Gasteiger partial charge on any atom is -0.395 e. The van der Waals surface area contributed by atoms with Gasteiger partial charge >= 0.3 is 6.03 Å². The zero-order chi connectivity index (χ0) is 15.9. The molecule has 116 valence electrons. The summed E-state index contributed by atoms with van der Waals surface area (Å²) in [6.45, 7) is 6.06. The average Bonchev–Trinajstić information content (AvgIpc) is 2.94. The number of nitrogens with zero attached hydrogens (tertiary/aromatic N) is 3. The Morgan fingerprint density at radius 3 is 2.86 bits per heavy atom. The fourth-order valence-electron chi connectivity index (χ4n) is 2.07. The molecule has 0 spiro atoms. The Labute approximate surface area is 129 Å². The highest BCUT2D eigenvalue weighted by Gasteiger charge is 2.14. The van der Waals surface area contributed by atoms with Crippen molar-refractivity contribution in [3.8, 4) is 5.69 Å². The maximum Gasteiger partial charge on any atom is 0.322 e. The Balaban J connectivity index is 2.22. The lowest BCUT2D eigenvalue weighted by molar-refractivity contribution is 0.195. The summed E-state index contributed by atoms with van der Waals surface area (Å²) in [6, 6.07) is 9.04. The van der Waals surface area contributed by atoms with Crippen molar-refractivity contribution in [2.75, 3.05) is 25.0 Å². The summed E-state index contributed by atoms with van der Waals surface area (Å²) in [4.78, 5) is 13.8. The third kappa shape index (κ3) is 3.73. The molecular weight excluding hydrogens is 280 g/mol. The molecule has 2 rings (SSSR count). The second-order valence-corrected chi connectivity index (χ2v) is 4.81. The number of anilines is 1. The molecule has 2 amide bonds. The number of para-hydroxylation sites is 2. The van der Waals surface area contributed by atoms with Gasteiger partial charge in [0.05, 0.1) is 23.7 Å². The predicted molar refractivity (Wildman–Crippen MR) is 86.2 cm³/mol. The lowest BCUT2D eigenvalue weighted by Crippen LogP contribution is -2.37. The molecule has 0 aliphatic heterocycles. The van der Waals surface area contributed by atoms with Crippen LogP contribution < -0.4 is 5.32 Å². The third-order valence-electron chi connectivity index (χ3n) is 3.12. The molecule has 0 fully saturated rings. The van der Waals surface area contributed by atoms with Gasteiger partial charge in [-0.1, -0.05) is 18.2 Å². The SMILES string of the molecule is C=CCN(CCO)C(=O)Nc1ccccc1-n1ccc(C)n1. The molecule has 22 heavy (non-hydrogen) atoms. The highest BCUT2D eigenvalue weighted by atomic mass is 16.3. The number of nitrogens with one attached hydrogen (secondary N) is 1. The Hall–Kier alpha value is -2.60. The van der Waals surface area contributed by atoms with Gasteiger partial charge in [-0.2, -0.15) is 5.10 Å². The lowest BCUT2D eigenvalue weighted by Gasteiger charge is -2.21. The van der Waals surface area contributed by atoms with Crippen LogP contribution in [0.15, 0.2) is 49.2 Å². The number of aromatic nitrogens is 2. The number of carbonyl (C=O) groups excluding carboxylic acids is 1. The summed E-state index contributed by atoms with van der Waals surface area (Å²) >= 11 is 0. The first kappa shape index (κ1) is 15.8. The Bertz CT molecular complexity index is 651. The van der Waals surface area contributed by atoms with Crippen LogP contribution in [0.1, 0.15) is 5.69 Å². The van der Waals surface area contributed by atoms with Gasteiger partial charge in [0.15, 0.2) is 0 Å². The molecule has 0 aliphatic rings. The summed E-state index contributed by atoms with van der Waals surface area (Å²) in [6.07, 6.45) is 3.47. The van der Waals surface area contributed by atoms with Crippen molar-refractivity contribution in [3.63, 3.8) is 0 Å². The molecule has 2 N–H and O–H groups in total. The second kappa shape index (κ2) is 7.42. The van der Waals surface area contributed by atoms with Crippen LogP contribution in [0.3, 0.4) is 0 Å². The minimum atomic E-state index is -0.287. The van der Waals surface area contributed by atoms with Gasteiger partial charge in [0.25, 0.3) is 0 Å². The van der Waals surface area contributed by atoms with E-state index in [0.717, 1.165) is 11.4 Å². The van der Waals surface area contributed by atoms with E-state index in [2.05, 4.69) is 17.0 Å². The molecule has 0 radical (unpaired) electrons. The average molecular weight is 300 g/mol. The van der Waals surface area contributed by atoms with Crippen LogP contribution in [-0.2, 0) is 0 Å². The van der Waals surface area contributed by atoms with E-state index in [4.69, 9.17) is 5.11 Å². The number of rotatable bonds is 6. The molecular formula is C16H20N4O2. The van der Waals surface area contributed by atoms with Crippen molar-refractivity contribution >= 4 is 11.7 Å². The van der Waals surface area contributed by atoms with Crippen molar-refractivity contribution in [2.45, 2.75) is 6.92 Å². The van der Waals surface area contributed by atoms with Crippen LogP contribution in [0.5, 0.6) is 0 Å². The fraction of sp³-hybridized carbons (Fsp3) is 0.250. The maximum absolute atomic E-state index is 12.3. The van der Waals surface area contributed by atoms with Crippen LogP contribution >= 0.6 is 0 Å². The van der Waals surface area contributed by atoms with Crippen LogP contribution in [0.2, 0.25) is 0 Å². The molecule has 0 atom stereocenters. The van der Waals surface area contributed by atoms with E-state index >= 15 is 0 Å². The van der Waals surface area contributed by atoms with Crippen molar-refractivity contribution in [1.82, 2.24) is 14.7 Å². The molecule has 2 aromatic rings. The first-order chi connectivity index (χ1) is 10.7. The van der Waals surface area contributed by atoms with E-state index in [1.807, 2.05) is 43.5 Å². The molecule has 6 heteroatoms. The van der Waals surface area contributed by atoms with Crippen molar-refractivity contribution < 1.29 is 9.90 Å². The van der Waals surface area contributed by atoms with Gasteiger partial charge in [-0.05, 0) is 25.1 Å². The fourth-order valence-corrected chi connectivity index (χ4v) is 2.07. The second-order valence-electron chi connectivity index (χ2n) is 4.81. The van der Waals surface area contributed by atoms with Crippen LogP contribution in [0.25, 0.3) is 5.69 Å². The number of carbonyl (C=O) groups is 1. The Morgan fingerprint density at radius 1 is 1.45 bits per heavy atom. The highest BCUT2D eigenvalue weighted by molar-refractivity contribution is 5.91. The number of aliphatic hydroxyl groups is 1. The van der Waals surface area contributed by atoms with E-state index < -0.39 is 0 Å². The van der Waals surface area contributed by atoms with E-state index in [9.17, 15) is 4.79 Å². The van der Waals surface area contributed by atoms with Gasteiger partial charge < -0.3 is 15.3 Å². The molecule has 0 saturated carbocycles. The molecule has 0 bridgehead atoms. The quantitative estimate of drug-likeness (QED) is 0.803. The number of hydrogen-bond acceptors (Lipinski definition) is 3. The lowest BCUT2D eigenvalue weighted by atomic mass is 10.2. The molecule has 0 aliphatic carbocycles.